The lowest BCUT2D eigenvalue weighted by Gasteiger charge is -2.14. The fraction of sp³-hybridized carbons (Fsp3) is 0. The number of allylic oxidation sites excluding steroid dienone is 2. The van der Waals surface area contributed by atoms with E-state index < -0.39 is 0 Å². The number of hydrogen-bond acceptors (Lipinski definition) is 3. The molecule has 242 valence electrons. The Bertz CT molecular complexity index is 2880. The summed E-state index contributed by atoms with van der Waals surface area (Å²) in [6.45, 7) is 9.40. The van der Waals surface area contributed by atoms with Crippen molar-refractivity contribution in [2.24, 2.45) is 0 Å². The Balaban J connectivity index is 1.25. The SMILES string of the molecule is C=C(/C=C\c1coc2ccccc12)c1ccccccc(C(=C)c2cc3c(cc2-c2cc4ccccc4s2)oc2ccccc23)c2ccccc12. The van der Waals surface area contributed by atoms with Crippen LogP contribution in [-0.4, -0.2) is 0 Å². The van der Waals surface area contributed by atoms with Crippen LogP contribution in [0.2, 0.25) is 0 Å². The van der Waals surface area contributed by atoms with Crippen molar-refractivity contribution in [3.05, 3.63) is 199 Å². The van der Waals surface area contributed by atoms with Crippen molar-refractivity contribution >= 4 is 82.3 Å². The smallest absolute Gasteiger partial charge is 0.136 e. The van der Waals surface area contributed by atoms with Crippen LogP contribution in [0.3, 0.4) is 0 Å². The fourth-order valence-corrected chi connectivity index (χ4v) is 8.09. The van der Waals surface area contributed by atoms with Crippen LogP contribution in [0.15, 0.2) is 186 Å². The molecule has 0 atom stereocenters. The topological polar surface area (TPSA) is 26.3 Å². The van der Waals surface area contributed by atoms with E-state index in [0.29, 0.717) is 0 Å². The van der Waals surface area contributed by atoms with Crippen molar-refractivity contribution in [3.63, 3.8) is 0 Å². The minimum Gasteiger partial charge on any atom is -0.464 e. The van der Waals surface area contributed by atoms with Crippen molar-refractivity contribution in [2.45, 2.75) is 0 Å². The van der Waals surface area contributed by atoms with Crippen LogP contribution < -0.4 is 0 Å². The van der Waals surface area contributed by atoms with Crippen LogP contribution in [-0.2, 0) is 0 Å². The Kier molecular flexibility index (Phi) is 7.68. The van der Waals surface area contributed by atoms with Gasteiger partial charge in [-0.05, 0) is 80.4 Å². The Morgan fingerprint density at radius 3 is 1.98 bits per heavy atom. The van der Waals surface area contributed by atoms with Crippen molar-refractivity contribution in [1.82, 2.24) is 0 Å². The molecule has 2 nitrogen and oxygen atoms in total. The molecule has 0 amide bonds. The van der Waals surface area contributed by atoms with Crippen molar-refractivity contribution in [3.8, 4) is 10.4 Å². The Morgan fingerprint density at radius 2 is 1.18 bits per heavy atom. The Hall–Kier alpha value is -6.42. The predicted octanol–water partition coefficient (Wildman–Crippen LogP) is 14.3. The van der Waals surface area contributed by atoms with Crippen molar-refractivity contribution in [1.29, 1.82) is 0 Å². The summed E-state index contributed by atoms with van der Waals surface area (Å²) < 4.78 is 13.5. The number of furan rings is 2. The Labute approximate surface area is 299 Å². The third-order valence-corrected chi connectivity index (χ3v) is 10.7. The molecular formula is C48H32O2S. The molecule has 0 aliphatic carbocycles. The lowest BCUT2D eigenvalue weighted by atomic mass is 9.89. The average molecular weight is 673 g/mol. The summed E-state index contributed by atoms with van der Waals surface area (Å²) in [7, 11) is 0. The first-order valence-corrected chi connectivity index (χ1v) is 17.8. The summed E-state index contributed by atoms with van der Waals surface area (Å²) in [6, 6.07) is 52.7. The van der Waals surface area contributed by atoms with Crippen molar-refractivity contribution in [2.75, 3.05) is 0 Å². The maximum atomic E-state index is 6.42. The summed E-state index contributed by atoms with van der Waals surface area (Å²) in [4.78, 5) is 1.17. The van der Waals surface area contributed by atoms with Crippen molar-refractivity contribution < 1.29 is 8.83 Å². The first-order valence-electron chi connectivity index (χ1n) is 16.9. The summed E-state index contributed by atoms with van der Waals surface area (Å²) in [5, 5.41) is 6.62. The molecule has 0 saturated heterocycles. The number of hydrogen-bond donors (Lipinski definition) is 0. The second kappa shape index (κ2) is 12.8. The first kappa shape index (κ1) is 30.6. The Morgan fingerprint density at radius 1 is 0.529 bits per heavy atom. The van der Waals surface area contributed by atoms with Crippen LogP contribution in [0, 0.1) is 0 Å². The highest BCUT2D eigenvalue weighted by molar-refractivity contribution is 7.22. The highest BCUT2D eigenvalue weighted by atomic mass is 32.1. The molecule has 0 unspecified atom stereocenters. The summed E-state index contributed by atoms with van der Waals surface area (Å²) in [5.41, 5.74) is 9.68. The number of thiophene rings is 1. The molecule has 0 spiro atoms. The van der Waals surface area contributed by atoms with E-state index >= 15 is 0 Å². The molecule has 3 heteroatoms. The van der Waals surface area contributed by atoms with E-state index in [-0.39, 0.29) is 0 Å². The zero-order valence-corrected chi connectivity index (χ0v) is 28.6. The molecule has 9 rings (SSSR count). The number of rotatable bonds is 6. The molecule has 6 aromatic carbocycles. The molecular weight excluding hydrogens is 641 g/mol. The zero-order valence-electron chi connectivity index (χ0n) is 27.8. The van der Waals surface area contributed by atoms with E-state index in [4.69, 9.17) is 15.4 Å². The van der Waals surface area contributed by atoms with Gasteiger partial charge in [-0.3, -0.25) is 0 Å². The molecule has 0 aliphatic rings. The third-order valence-electron chi connectivity index (χ3n) is 9.55. The molecule has 0 aliphatic heterocycles. The van der Waals surface area contributed by atoms with Gasteiger partial charge >= 0.3 is 0 Å². The van der Waals surface area contributed by atoms with Crippen LogP contribution in [0.1, 0.15) is 22.3 Å². The van der Waals surface area contributed by atoms with Gasteiger partial charge in [0.1, 0.15) is 16.7 Å². The van der Waals surface area contributed by atoms with Gasteiger partial charge < -0.3 is 8.83 Å². The number of para-hydroxylation sites is 2. The molecule has 0 fully saturated rings. The largest absolute Gasteiger partial charge is 0.464 e. The van der Waals surface area contributed by atoms with Gasteiger partial charge in [0.25, 0.3) is 0 Å². The zero-order chi connectivity index (χ0) is 34.3. The molecule has 0 N–H and O–H groups in total. The third kappa shape index (κ3) is 5.54. The van der Waals surface area contributed by atoms with Gasteiger partial charge in [-0.25, -0.2) is 0 Å². The normalized spacial score (nSPS) is 11.6. The highest BCUT2D eigenvalue weighted by Crippen LogP contribution is 2.43. The average Bonchev–Trinajstić information content (AvgIpc) is 3.89. The monoisotopic (exact) mass is 672 g/mol. The summed E-state index contributed by atoms with van der Waals surface area (Å²) >= 11 is 1.79. The van der Waals surface area contributed by atoms with E-state index in [1.165, 1.54) is 15.0 Å². The van der Waals surface area contributed by atoms with E-state index in [2.05, 4.69) is 140 Å². The minimum atomic E-state index is 0.865. The second-order valence-corrected chi connectivity index (χ2v) is 13.7. The molecule has 9 aromatic rings. The fourth-order valence-electron chi connectivity index (χ4n) is 7.00. The van der Waals surface area contributed by atoms with Gasteiger partial charge in [0.15, 0.2) is 0 Å². The molecule has 3 heterocycles. The molecule has 0 bridgehead atoms. The molecule has 0 radical (unpaired) electrons. The van der Waals surface area contributed by atoms with E-state index in [1.54, 1.807) is 17.6 Å². The van der Waals surface area contributed by atoms with Gasteiger partial charge in [-0.1, -0.05) is 141 Å². The predicted molar refractivity (Wildman–Crippen MR) is 219 cm³/mol. The maximum Gasteiger partial charge on any atom is 0.136 e. The number of fused-ring (bicyclic) bond motifs is 6. The standard InChI is InChI=1S/C48H32O2S/c1-31(25-26-34-30-49-44-22-12-10-18-37(34)44)35-16-5-3-4-6-17-36(39-20-9-8-19-38(35)39)32(2)41-28-42-40-21-11-13-23-45(40)50-46(42)29-43(41)48-27-33-15-7-14-24-47(33)51-48/h3-30H,1-2H2/b4-3?,5-3?,6-4?,16-5?,17-6?,26-25-,35-16?,36-17?,38-35?,39-36?. The maximum absolute atomic E-state index is 6.42. The van der Waals surface area contributed by atoms with Crippen LogP contribution in [0.5, 0.6) is 0 Å². The van der Waals surface area contributed by atoms with Crippen LogP contribution in [0.4, 0.5) is 0 Å². The van der Waals surface area contributed by atoms with Gasteiger partial charge in [-0.15, -0.1) is 11.3 Å². The molecule has 51 heavy (non-hydrogen) atoms. The first-order chi connectivity index (χ1) is 25.1. The van der Waals surface area contributed by atoms with E-state index in [1.807, 2.05) is 30.3 Å². The quantitative estimate of drug-likeness (QED) is 0.164. The van der Waals surface area contributed by atoms with Gasteiger partial charge in [0.2, 0.25) is 0 Å². The number of benzene rings is 5. The van der Waals surface area contributed by atoms with E-state index in [9.17, 15) is 0 Å². The van der Waals surface area contributed by atoms with Gasteiger partial charge in [-0.2, -0.15) is 0 Å². The van der Waals surface area contributed by atoms with Gasteiger partial charge in [0.05, 0.1) is 6.26 Å². The lowest BCUT2D eigenvalue weighted by molar-refractivity contribution is 0.615. The van der Waals surface area contributed by atoms with Gasteiger partial charge in [0, 0.05) is 36.9 Å². The lowest BCUT2D eigenvalue weighted by Crippen LogP contribution is -1.92. The highest BCUT2D eigenvalue weighted by Gasteiger charge is 2.19. The molecule has 0 saturated carbocycles. The summed E-state index contributed by atoms with van der Waals surface area (Å²) in [6.07, 6.45) is 5.95. The molecule has 3 aromatic heterocycles. The second-order valence-electron chi connectivity index (χ2n) is 12.6. The van der Waals surface area contributed by atoms with Crippen LogP contribution >= 0.6 is 11.3 Å². The summed E-state index contributed by atoms with van der Waals surface area (Å²) in [5.74, 6) is 0. The minimum absolute atomic E-state index is 0.865. The van der Waals surface area contributed by atoms with Crippen LogP contribution in [0.25, 0.3) is 81.4 Å². The van der Waals surface area contributed by atoms with E-state index in [0.717, 1.165) is 82.6 Å².